The highest BCUT2D eigenvalue weighted by atomic mass is 127. The van der Waals surface area contributed by atoms with E-state index in [0.717, 1.165) is 34.1 Å². The Morgan fingerprint density at radius 2 is 1.61 bits per heavy atom. The summed E-state index contributed by atoms with van der Waals surface area (Å²) >= 11 is 5.81. The molecule has 100 valence electrons. The quantitative estimate of drug-likeness (QED) is 0.520. The first-order chi connectivity index (χ1) is 8.60. The molecule has 5 heteroatoms. The number of carboxylic acids is 1. The molecule has 1 aromatic carbocycles. The van der Waals surface area contributed by atoms with Gasteiger partial charge in [0.2, 0.25) is 0 Å². The van der Waals surface area contributed by atoms with Crippen molar-refractivity contribution in [2.75, 3.05) is 11.5 Å². The van der Waals surface area contributed by atoms with Crippen molar-refractivity contribution in [2.24, 2.45) is 0 Å². The van der Waals surface area contributed by atoms with E-state index in [2.05, 4.69) is 36.4 Å². The smallest absolute Gasteiger partial charge is 0.335 e. The molecule has 0 saturated heterocycles. The van der Waals surface area contributed by atoms with Gasteiger partial charge >= 0.3 is 5.97 Å². The molecule has 1 N–H and O–H groups in total. The summed E-state index contributed by atoms with van der Waals surface area (Å²) in [7, 11) is 0. The Labute approximate surface area is 130 Å². The molecule has 0 spiro atoms. The molecule has 0 heterocycles. The third-order valence-corrected chi connectivity index (χ3v) is 6.56. The fourth-order valence-electron chi connectivity index (χ4n) is 1.33. The second-order valence-electron chi connectivity index (χ2n) is 3.79. The first kappa shape index (κ1) is 16.2. The predicted octanol–water partition coefficient (Wildman–Crippen LogP) is 4.99. The van der Waals surface area contributed by atoms with Gasteiger partial charge in [-0.2, -0.15) is 0 Å². The summed E-state index contributed by atoms with van der Waals surface area (Å²) in [5.74, 6) is 1.21. The van der Waals surface area contributed by atoms with Crippen LogP contribution in [0.25, 0.3) is 0 Å². The Kier molecular flexibility index (Phi) is 7.48. The van der Waals surface area contributed by atoms with Crippen molar-refractivity contribution in [2.45, 2.75) is 36.5 Å². The molecule has 18 heavy (non-hydrogen) atoms. The second kappa shape index (κ2) is 8.32. The van der Waals surface area contributed by atoms with Gasteiger partial charge in [-0.3, -0.25) is 0 Å². The van der Waals surface area contributed by atoms with Gasteiger partial charge < -0.3 is 5.11 Å². The van der Waals surface area contributed by atoms with Crippen LogP contribution in [-0.2, 0) is 0 Å². The van der Waals surface area contributed by atoms with Crippen LogP contribution >= 0.6 is 46.1 Å². The minimum Gasteiger partial charge on any atom is -0.478 e. The van der Waals surface area contributed by atoms with Crippen LogP contribution in [0, 0.1) is 3.57 Å². The summed E-state index contributed by atoms with van der Waals surface area (Å²) in [6, 6.07) is 3.58. The third kappa shape index (κ3) is 4.66. The largest absolute Gasteiger partial charge is 0.478 e. The van der Waals surface area contributed by atoms with E-state index in [1.807, 2.05) is 0 Å². The minimum atomic E-state index is -0.844. The van der Waals surface area contributed by atoms with Crippen LogP contribution in [0.3, 0.4) is 0 Å². The lowest BCUT2D eigenvalue weighted by Gasteiger charge is -2.10. The number of thioether (sulfide) groups is 2. The van der Waals surface area contributed by atoms with Gasteiger partial charge in [-0.1, -0.05) is 13.8 Å². The number of benzene rings is 1. The summed E-state index contributed by atoms with van der Waals surface area (Å²) in [5.41, 5.74) is 0.396. The average Bonchev–Trinajstić information content (AvgIpc) is 2.35. The summed E-state index contributed by atoms with van der Waals surface area (Å²) in [5, 5.41) is 9.15. The molecule has 0 aliphatic heterocycles. The lowest BCUT2D eigenvalue weighted by Crippen LogP contribution is -1.99. The van der Waals surface area contributed by atoms with Crippen LogP contribution in [0.1, 0.15) is 37.0 Å². The van der Waals surface area contributed by atoms with E-state index < -0.39 is 5.97 Å². The van der Waals surface area contributed by atoms with Gasteiger partial charge in [0.25, 0.3) is 0 Å². The van der Waals surface area contributed by atoms with Crippen LogP contribution in [0.15, 0.2) is 21.9 Å². The molecule has 0 fully saturated rings. The zero-order valence-electron chi connectivity index (χ0n) is 10.5. The number of hydrogen-bond acceptors (Lipinski definition) is 3. The van der Waals surface area contributed by atoms with Crippen molar-refractivity contribution in [1.82, 2.24) is 0 Å². The molecule has 2 nitrogen and oxygen atoms in total. The molecule has 0 bridgehead atoms. The molecule has 1 rings (SSSR count). The maximum absolute atomic E-state index is 11.1. The molecule has 0 aromatic heterocycles. The maximum Gasteiger partial charge on any atom is 0.335 e. The number of carboxylic acid groups (broad SMARTS) is 1. The van der Waals surface area contributed by atoms with E-state index in [4.69, 9.17) is 5.11 Å². The molecule has 1 aromatic rings. The second-order valence-corrected chi connectivity index (χ2v) is 7.14. The van der Waals surface area contributed by atoms with Gasteiger partial charge in [0.05, 0.1) is 5.56 Å². The predicted molar refractivity (Wildman–Crippen MR) is 88.1 cm³/mol. The first-order valence-corrected chi connectivity index (χ1v) is 8.97. The molecule has 0 amide bonds. The Morgan fingerprint density at radius 3 is 1.94 bits per heavy atom. The molecular weight excluding hydrogens is 379 g/mol. The summed E-state index contributed by atoms with van der Waals surface area (Å²) in [6.07, 6.45) is 2.19. The molecular formula is C13H17IO2S2. The van der Waals surface area contributed by atoms with Crippen molar-refractivity contribution in [1.29, 1.82) is 0 Å². The monoisotopic (exact) mass is 396 g/mol. The Morgan fingerprint density at radius 1 is 1.17 bits per heavy atom. The Balaban J connectivity index is 3.07. The topological polar surface area (TPSA) is 37.3 Å². The van der Waals surface area contributed by atoms with Gasteiger partial charge in [-0.05, 0) is 59.1 Å². The zero-order valence-corrected chi connectivity index (χ0v) is 14.3. The zero-order chi connectivity index (χ0) is 13.5. The fraction of sp³-hybridized carbons (Fsp3) is 0.462. The standard InChI is InChI=1S/C13H17IO2S2/c1-3-5-17-10-7-9(13(15)16)8-11(12(10)14)18-6-4-2/h7-8H,3-6H2,1-2H3,(H,15,16). The van der Waals surface area contributed by atoms with Gasteiger partial charge in [0, 0.05) is 13.4 Å². The van der Waals surface area contributed by atoms with E-state index in [1.165, 1.54) is 3.57 Å². The van der Waals surface area contributed by atoms with E-state index in [-0.39, 0.29) is 0 Å². The Bertz CT molecular complexity index is 392. The van der Waals surface area contributed by atoms with Gasteiger partial charge in [-0.25, -0.2) is 4.79 Å². The Hall–Kier alpha value is 0.120. The fourth-order valence-corrected chi connectivity index (χ4v) is 4.38. The van der Waals surface area contributed by atoms with Crippen molar-refractivity contribution >= 4 is 52.1 Å². The van der Waals surface area contributed by atoms with E-state index in [9.17, 15) is 4.79 Å². The number of halogens is 1. The van der Waals surface area contributed by atoms with Crippen LogP contribution in [-0.4, -0.2) is 22.6 Å². The van der Waals surface area contributed by atoms with E-state index in [1.54, 1.807) is 35.7 Å². The van der Waals surface area contributed by atoms with Crippen molar-refractivity contribution in [3.05, 3.63) is 21.3 Å². The number of rotatable bonds is 7. The minimum absolute atomic E-state index is 0.396. The van der Waals surface area contributed by atoms with E-state index >= 15 is 0 Å². The van der Waals surface area contributed by atoms with Crippen molar-refractivity contribution in [3.63, 3.8) is 0 Å². The SMILES string of the molecule is CCCSc1cc(C(=O)O)cc(SCCC)c1I. The highest BCUT2D eigenvalue weighted by molar-refractivity contribution is 14.1. The molecule has 0 atom stereocenters. The maximum atomic E-state index is 11.1. The van der Waals surface area contributed by atoms with E-state index in [0.29, 0.717) is 5.56 Å². The van der Waals surface area contributed by atoms with Gasteiger partial charge in [0.15, 0.2) is 0 Å². The highest BCUT2D eigenvalue weighted by Crippen LogP contribution is 2.34. The van der Waals surface area contributed by atoms with Crippen LogP contribution in [0.2, 0.25) is 0 Å². The lowest BCUT2D eigenvalue weighted by atomic mass is 10.2. The van der Waals surface area contributed by atoms with Crippen molar-refractivity contribution in [3.8, 4) is 0 Å². The molecule has 0 aliphatic carbocycles. The third-order valence-electron chi connectivity index (χ3n) is 2.18. The summed E-state index contributed by atoms with van der Waals surface area (Å²) < 4.78 is 1.19. The van der Waals surface area contributed by atoms with Gasteiger partial charge in [-0.15, -0.1) is 23.5 Å². The van der Waals surface area contributed by atoms with Gasteiger partial charge in [0.1, 0.15) is 0 Å². The molecule has 0 radical (unpaired) electrons. The van der Waals surface area contributed by atoms with Crippen LogP contribution < -0.4 is 0 Å². The lowest BCUT2D eigenvalue weighted by molar-refractivity contribution is 0.0696. The summed E-state index contributed by atoms with van der Waals surface area (Å²) in [4.78, 5) is 13.3. The number of carbonyl (C=O) groups is 1. The molecule has 0 aliphatic rings. The number of aromatic carboxylic acids is 1. The summed E-state index contributed by atoms with van der Waals surface area (Å²) in [6.45, 7) is 4.27. The highest BCUT2D eigenvalue weighted by Gasteiger charge is 2.13. The number of hydrogen-bond donors (Lipinski definition) is 1. The van der Waals surface area contributed by atoms with Crippen LogP contribution in [0.5, 0.6) is 0 Å². The molecule has 0 unspecified atom stereocenters. The molecule has 0 saturated carbocycles. The first-order valence-electron chi connectivity index (χ1n) is 5.92. The normalized spacial score (nSPS) is 10.6. The van der Waals surface area contributed by atoms with Crippen LogP contribution in [0.4, 0.5) is 0 Å². The van der Waals surface area contributed by atoms with Crippen molar-refractivity contribution < 1.29 is 9.90 Å². The average molecular weight is 396 g/mol.